The van der Waals surface area contributed by atoms with Crippen LogP contribution in [0.2, 0.25) is 0 Å². The number of phenolic OH excluding ortho intramolecular Hbond substituents is 1. The normalized spacial score (nSPS) is 23.2. The molecule has 6 aliphatic rings. The van der Waals surface area contributed by atoms with Crippen LogP contribution in [0.1, 0.15) is 38.5 Å². The largest absolute Gasteiger partial charge is 0.507 e. The van der Waals surface area contributed by atoms with Crippen LogP contribution in [0.25, 0.3) is 11.3 Å². The SMILES string of the molecule is Nc1nnc(-c2ccccc2O)cc1N1C[C@H]2CC[C@@H](C1)N2c1cccc(OC2CCN(C(=O)CN3CCN(c4cccc5c4OCCN5[C@H]4CCC(=O)NC4=O)CC3)CC2)c1. The molecule has 5 saturated heterocycles. The third kappa shape index (κ3) is 7.87. The Hall–Kier alpha value is -6.29. The molecule has 3 amide bonds. The molecule has 1 aromatic heterocycles. The molecule has 0 radical (unpaired) electrons. The first-order chi connectivity index (χ1) is 30.3. The molecular weight excluding hydrogens is 789 g/mol. The van der Waals surface area contributed by atoms with Gasteiger partial charge in [0.15, 0.2) is 11.6 Å². The van der Waals surface area contributed by atoms with E-state index in [1.54, 1.807) is 12.1 Å². The van der Waals surface area contributed by atoms with Crippen molar-refractivity contribution in [1.29, 1.82) is 0 Å². The van der Waals surface area contributed by atoms with Crippen molar-refractivity contribution in [2.45, 2.75) is 62.8 Å². The van der Waals surface area contributed by atoms with E-state index in [4.69, 9.17) is 15.2 Å². The number of anilines is 5. The molecule has 6 aliphatic heterocycles. The van der Waals surface area contributed by atoms with Crippen LogP contribution in [0.5, 0.6) is 17.2 Å². The highest BCUT2D eigenvalue weighted by Gasteiger charge is 2.41. The fourth-order valence-electron chi connectivity index (χ4n) is 10.4. The number of piperazine rings is 2. The zero-order valence-electron chi connectivity index (χ0n) is 34.9. The fraction of sp³-hybridized carbons (Fsp3) is 0.457. The summed E-state index contributed by atoms with van der Waals surface area (Å²) >= 11 is 0. The molecule has 3 atom stereocenters. The first-order valence-electron chi connectivity index (χ1n) is 22.1. The predicted molar refractivity (Wildman–Crippen MR) is 236 cm³/mol. The number of nitrogen functional groups attached to an aromatic ring is 1. The first-order valence-corrected chi connectivity index (χ1v) is 22.1. The van der Waals surface area contributed by atoms with Crippen molar-refractivity contribution >= 4 is 46.3 Å². The number of nitrogens with two attached hydrogens (primary N) is 1. The third-order valence-corrected chi connectivity index (χ3v) is 13.5. The van der Waals surface area contributed by atoms with Gasteiger partial charge in [0.2, 0.25) is 17.7 Å². The van der Waals surface area contributed by atoms with Gasteiger partial charge in [0.25, 0.3) is 0 Å². The quantitative estimate of drug-likeness (QED) is 0.209. The Labute approximate surface area is 361 Å². The summed E-state index contributed by atoms with van der Waals surface area (Å²) in [6.07, 6.45) is 4.60. The number of rotatable bonds is 9. The summed E-state index contributed by atoms with van der Waals surface area (Å²) < 4.78 is 12.8. The number of ether oxygens (including phenoxy) is 2. The second-order valence-electron chi connectivity index (χ2n) is 17.3. The van der Waals surface area contributed by atoms with Crippen LogP contribution in [-0.4, -0.2) is 139 Å². The number of carbonyl (C=O) groups excluding carboxylic acids is 3. The topological polar surface area (TPSA) is 173 Å². The van der Waals surface area contributed by atoms with Crippen LogP contribution in [0, 0.1) is 0 Å². The lowest BCUT2D eigenvalue weighted by molar-refractivity contribution is -0.135. The average molecular weight is 843 g/mol. The molecular formula is C46H54N10O6. The van der Waals surface area contributed by atoms with Gasteiger partial charge in [-0.3, -0.25) is 24.6 Å². The van der Waals surface area contributed by atoms with Gasteiger partial charge >= 0.3 is 0 Å². The van der Waals surface area contributed by atoms with Crippen molar-refractivity contribution in [3.63, 3.8) is 0 Å². The lowest BCUT2D eigenvalue weighted by atomic mass is 10.0. The summed E-state index contributed by atoms with van der Waals surface area (Å²) in [6.45, 7) is 7.44. The highest BCUT2D eigenvalue weighted by Crippen LogP contribution is 2.43. The monoisotopic (exact) mass is 842 g/mol. The van der Waals surface area contributed by atoms with Crippen LogP contribution in [-0.2, 0) is 14.4 Å². The molecule has 10 rings (SSSR count). The Morgan fingerprint density at radius 3 is 2.34 bits per heavy atom. The van der Waals surface area contributed by atoms with E-state index in [1.807, 2.05) is 41.3 Å². The van der Waals surface area contributed by atoms with Gasteiger partial charge in [-0.15, -0.1) is 10.2 Å². The Morgan fingerprint density at radius 1 is 0.806 bits per heavy atom. The average Bonchev–Trinajstić information content (AvgIpc) is 3.55. The van der Waals surface area contributed by atoms with E-state index < -0.39 is 6.04 Å². The van der Waals surface area contributed by atoms with Crippen molar-refractivity contribution in [3.8, 4) is 28.5 Å². The number of nitrogens with zero attached hydrogens (tertiary/aromatic N) is 8. The van der Waals surface area contributed by atoms with E-state index in [1.165, 1.54) is 0 Å². The summed E-state index contributed by atoms with van der Waals surface area (Å²) in [4.78, 5) is 51.5. The fourth-order valence-corrected chi connectivity index (χ4v) is 10.4. The predicted octanol–water partition coefficient (Wildman–Crippen LogP) is 3.49. The van der Waals surface area contributed by atoms with Crippen molar-refractivity contribution in [3.05, 3.63) is 72.8 Å². The highest BCUT2D eigenvalue weighted by atomic mass is 16.5. The molecule has 62 heavy (non-hydrogen) atoms. The van der Waals surface area contributed by atoms with Gasteiger partial charge in [-0.1, -0.05) is 24.3 Å². The van der Waals surface area contributed by atoms with Gasteiger partial charge in [0, 0.05) is 101 Å². The molecule has 7 heterocycles. The van der Waals surface area contributed by atoms with Crippen LogP contribution in [0.4, 0.5) is 28.6 Å². The molecule has 0 unspecified atom stereocenters. The number of carbonyl (C=O) groups is 3. The number of piperidine rings is 2. The molecule has 324 valence electrons. The molecule has 4 aromatic rings. The smallest absolute Gasteiger partial charge is 0.249 e. The van der Waals surface area contributed by atoms with Gasteiger partial charge < -0.3 is 44.8 Å². The van der Waals surface area contributed by atoms with Crippen LogP contribution in [0.15, 0.2) is 72.8 Å². The molecule has 0 spiro atoms. The number of hydrogen-bond donors (Lipinski definition) is 3. The number of benzene rings is 3. The Bertz CT molecular complexity index is 2320. The maximum atomic E-state index is 13.5. The summed E-state index contributed by atoms with van der Waals surface area (Å²) in [6, 6.07) is 23.8. The standard InChI is InChI=1S/C46H54N10O6/c47-45-40(26-36(49-50-45)35-7-1-2-10-41(35)57)54-27-31-11-12-32(28-54)56(31)30-5-3-6-34(25-30)62-33-15-17-53(18-16-33)43(59)29-51-19-21-52(22-20-51)37-8-4-9-38-44(37)61-24-23-55(38)39-13-14-42(58)48-46(39)60/h1-10,25-26,31-33,39,57H,11-24,27-29H2,(H2,47,50)(H,48,58,60)/t31-,32+,39-/m0/s1. The number of aromatic hydroxyl groups is 1. The molecule has 16 nitrogen and oxygen atoms in total. The minimum atomic E-state index is -0.392. The number of imide groups is 1. The van der Waals surface area contributed by atoms with E-state index in [9.17, 15) is 19.5 Å². The summed E-state index contributed by atoms with van der Waals surface area (Å²) in [5.74, 6) is 1.88. The number of aromatic nitrogens is 2. The van der Waals surface area contributed by atoms with Gasteiger partial charge in [-0.05, 0) is 61.7 Å². The Kier molecular flexibility index (Phi) is 10.8. The van der Waals surface area contributed by atoms with E-state index in [-0.39, 0.29) is 29.6 Å². The number of likely N-dealkylation sites (tertiary alicyclic amines) is 1. The third-order valence-electron chi connectivity index (χ3n) is 13.5. The Morgan fingerprint density at radius 2 is 1.56 bits per heavy atom. The van der Waals surface area contributed by atoms with Gasteiger partial charge in [0.05, 0.1) is 35.8 Å². The minimum absolute atomic E-state index is 0.0387. The van der Waals surface area contributed by atoms with E-state index in [0.29, 0.717) is 74.8 Å². The maximum Gasteiger partial charge on any atom is 0.249 e. The number of para-hydroxylation sites is 2. The van der Waals surface area contributed by atoms with E-state index >= 15 is 0 Å². The van der Waals surface area contributed by atoms with Gasteiger partial charge in [0.1, 0.15) is 30.3 Å². The second kappa shape index (κ2) is 16.9. The number of amides is 3. The molecule has 2 bridgehead atoms. The van der Waals surface area contributed by atoms with Gasteiger partial charge in [-0.2, -0.15) is 0 Å². The molecule has 3 aromatic carbocycles. The van der Waals surface area contributed by atoms with Crippen LogP contribution in [0.3, 0.4) is 0 Å². The van der Waals surface area contributed by atoms with Crippen molar-refractivity contribution in [1.82, 2.24) is 25.3 Å². The highest BCUT2D eigenvalue weighted by molar-refractivity contribution is 6.02. The number of hydrogen-bond acceptors (Lipinski definition) is 14. The molecule has 0 aliphatic carbocycles. The lowest BCUT2D eigenvalue weighted by Gasteiger charge is -2.43. The molecule has 16 heteroatoms. The summed E-state index contributed by atoms with van der Waals surface area (Å²) in [5, 5.41) is 21.5. The van der Waals surface area contributed by atoms with Crippen molar-refractivity contribution in [2.75, 3.05) is 97.4 Å². The van der Waals surface area contributed by atoms with Crippen LogP contribution < -0.4 is 40.1 Å². The Balaban J connectivity index is 0.703. The summed E-state index contributed by atoms with van der Waals surface area (Å²) in [5.41, 5.74) is 11.5. The second-order valence-corrected chi connectivity index (χ2v) is 17.3. The minimum Gasteiger partial charge on any atom is -0.507 e. The van der Waals surface area contributed by atoms with Crippen molar-refractivity contribution < 1.29 is 29.0 Å². The molecule has 4 N–H and O–H groups in total. The number of phenols is 1. The van der Waals surface area contributed by atoms with Crippen molar-refractivity contribution in [2.24, 2.45) is 0 Å². The summed E-state index contributed by atoms with van der Waals surface area (Å²) in [7, 11) is 0. The maximum absolute atomic E-state index is 13.5. The van der Waals surface area contributed by atoms with Gasteiger partial charge in [-0.25, -0.2) is 0 Å². The van der Waals surface area contributed by atoms with E-state index in [2.05, 4.69) is 64.3 Å². The number of nitrogens with one attached hydrogen (secondary N) is 1. The molecule has 0 saturated carbocycles. The molecule has 5 fully saturated rings. The first kappa shape index (κ1) is 39.8. The zero-order chi connectivity index (χ0) is 42.3. The zero-order valence-corrected chi connectivity index (χ0v) is 34.9. The van der Waals surface area contributed by atoms with E-state index in [0.717, 1.165) is 99.2 Å². The lowest BCUT2D eigenvalue weighted by Crippen LogP contribution is -2.54. The van der Waals surface area contributed by atoms with Crippen LogP contribution >= 0.6 is 0 Å². The number of fused-ring (bicyclic) bond motifs is 3.